The van der Waals surface area contributed by atoms with E-state index in [4.69, 9.17) is 9.15 Å². The number of carbonyl (C=O) groups is 3. The lowest BCUT2D eigenvalue weighted by Crippen LogP contribution is -2.57. The summed E-state index contributed by atoms with van der Waals surface area (Å²) in [5, 5.41) is 12.2. The molecule has 6 nitrogen and oxygen atoms in total. The maximum atomic E-state index is 13.5. The number of esters is 1. The summed E-state index contributed by atoms with van der Waals surface area (Å²) in [5.41, 5.74) is 0.0575. The van der Waals surface area contributed by atoms with Crippen molar-refractivity contribution in [3.05, 3.63) is 47.5 Å². The van der Waals surface area contributed by atoms with Gasteiger partial charge in [-0.15, -0.1) is 0 Å². The lowest BCUT2D eigenvalue weighted by Gasteiger charge is -2.54. The van der Waals surface area contributed by atoms with Crippen molar-refractivity contribution in [2.24, 2.45) is 22.7 Å². The summed E-state index contributed by atoms with van der Waals surface area (Å²) in [4.78, 5) is 37.0. The van der Waals surface area contributed by atoms with Gasteiger partial charge in [-0.3, -0.25) is 14.4 Å². The predicted molar refractivity (Wildman–Crippen MR) is 120 cm³/mol. The van der Waals surface area contributed by atoms with Crippen molar-refractivity contribution in [3.8, 4) is 0 Å². The average Bonchev–Trinajstić information content (AvgIpc) is 3.38. The lowest BCUT2D eigenvalue weighted by molar-refractivity contribution is -0.165. The topological polar surface area (TPSA) is 93.8 Å². The molecule has 0 bridgehead atoms. The molecule has 4 aliphatic carbocycles. The van der Waals surface area contributed by atoms with Crippen LogP contribution in [0.4, 0.5) is 0 Å². The van der Waals surface area contributed by atoms with Crippen LogP contribution in [-0.2, 0) is 19.1 Å². The second-order valence-corrected chi connectivity index (χ2v) is 10.8. The molecule has 4 aliphatic rings. The Kier molecular flexibility index (Phi) is 5.09. The van der Waals surface area contributed by atoms with E-state index in [-0.39, 0.29) is 23.0 Å². The molecule has 0 aliphatic heterocycles. The summed E-state index contributed by atoms with van der Waals surface area (Å²) in [6.07, 6.45) is 9.99. The number of hydrogen-bond donors (Lipinski definition) is 1. The first-order valence-electron chi connectivity index (χ1n) is 12.0. The van der Waals surface area contributed by atoms with Gasteiger partial charge in [0.1, 0.15) is 11.4 Å². The summed E-state index contributed by atoms with van der Waals surface area (Å²) >= 11 is 0. The second-order valence-electron chi connectivity index (χ2n) is 10.8. The fourth-order valence-electron chi connectivity index (χ4n) is 7.51. The molecule has 1 heterocycles. The summed E-state index contributed by atoms with van der Waals surface area (Å²) in [5.74, 6) is -0.397. The van der Waals surface area contributed by atoms with Gasteiger partial charge in [0.15, 0.2) is 12.4 Å². The van der Waals surface area contributed by atoms with Crippen LogP contribution in [-0.4, -0.2) is 34.9 Å². The highest BCUT2D eigenvalue weighted by Crippen LogP contribution is 2.68. The van der Waals surface area contributed by atoms with E-state index in [1.165, 1.54) is 18.1 Å². The molecule has 5 rings (SSSR count). The van der Waals surface area contributed by atoms with Crippen LogP contribution in [0.1, 0.15) is 71.0 Å². The van der Waals surface area contributed by atoms with Crippen LogP contribution in [0.15, 0.2) is 46.1 Å². The number of hydrogen-bond acceptors (Lipinski definition) is 6. The Balaban J connectivity index is 1.57. The minimum atomic E-state index is -1.70. The standard InChI is InChI=1S/C27H32O6/c1-16(28)33-15-24(30)27(31)22(23-5-4-12-32-23)14-21-19-7-6-17-13-18(29)8-10-25(17,2)20(19)9-11-26(21,27)3/h4-5,9,12-13,19,21-22,31H,6-8,10-11,14-15H2,1-3H3/t19?,21?,22-,25-,26-,27-/m0/s1. The number of Topliss-reactive ketones (excluding diaryl/α,β-unsaturated/α-hetero) is 1. The third kappa shape index (κ3) is 3.06. The van der Waals surface area contributed by atoms with E-state index in [0.29, 0.717) is 25.0 Å². The van der Waals surface area contributed by atoms with Crippen molar-refractivity contribution in [2.75, 3.05) is 6.61 Å². The van der Waals surface area contributed by atoms with Gasteiger partial charge in [-0.2, -0.15) is 0 Å². The molecular weight excluding hydrogens is 420 g/mol. The zero-order valence-electron chi connectivity index (χ0n) is 19.6. The molecule has 2 saturated carbocycles. The third-order valence-electron chi connectivity index (χ3n) is 9.31. The summed E-state index contributed by atoms with van der Waals surface area (Å²) < 4.78 is 10.8. The first-order valence-corrected chi connectivity index (χ1v) is 12.0. The fourth-order valence-corrected chi connectivity index (χ4v) is 7.51. The van der Waals surface area contributed by atoms with E-state index in [1.54, 1.807) is 12.3 Å². The fraction of sp³-hybridized carbons (Fsp3) is 0.593. The smallest absolute Gasteiger partial charge is 0.303 e. The van der Waals surface area contributed by atoms with Crippen LogP contribution in [0.25, 0.3) is 0 Å². The van der Waals surface area contributed by atoms with Gasteiger partial charge < -0.3 is 14.3 Å². The average molecular weight is 453 g/mol. The van der Waals surface area contributed by atoms with Crippen LogP contribution in [0.5, 0.6) is 0 Å². The zero-order valence-corrected chi connectivity index (χ0v) is 19.6. The van der Waals surface area contributed by atoms with E-state index in [2.05, 4.69) is 13.0 Å². The number of ether oxygens (including phenoxy) is 1. The van der Waals surface area contributed by atoms with Gasteiger partial charge in [-0.25, -0.2) is 0 Å². The van der Waals surface area contributed by atoms with Gasteiger partial charge in [0.25, 0.3) is 0 Å². The third-order valence-corrected chi connectivity index (χ3v) is 9.31. The highest BCUT2D eigenvalue weighted by molar-refractivity contribution is 5.93. The SMILES string of the molecule is CC(=O)OCC(=O)[C@@]1(O)[C@H](c2ccco2)CC2C3CCC4=CC(=O)CC[C@]4(C)C3=CC[C@@]21C. The molecule has 1 aromatic rings. The van der Waals surface area contributed by atoms with Gasteiger partial charge in [0.2, 0.25) is 5.78 Å². The lowest BCUT2D eigenvalue weighted by atomic mass is 9.50. The molecule has 0 aromatic carbocycles. The number of fused-ring (bicyclic) bond motifs is 5. The Morgan fingerprint density at radius 1 is 1.27 bits per heavy atom. The van der Waals surface area contributed by atoms with Crippen LogP contribution in [0, 0.1) is 22.7 Å². The normalized spacial score (nSPS) is 39.6. The molecule has 2 unspecified atom stereocenters. The number of furan rings is 1. The zero-order chi connectivity index (χ0) is 23.6. The number of ketones is 2. The molecular formula is C27H32O6. The van der Waals surface area contributed by atoms with Crippen LogP contribution >= 0.6 is 0 Å². The molecule has 0 amide bonds. The molecule has 1 aromatic heterocycles. The highest BCUT2D eigenvalue weighted by Gasteiger charge is 2.69. The van der Waals surface area contributed by atoms with E-state index in [0.717, 1.165) is 19.3 Å². The van der Waals surface area contributed by atoms with Crippen molar-refractivity contribution in [1.82, 2.24) is 0 Å². The van der Waals surface area contributed by atoms with Crippen molar-refractivity contribution in [2.45, 2.75) is 70.8 Å². The first kappa shape index (κ1) is 22.3. The molecule has 0 saturated heterocycles. The molecule has 1 N–H and O–H groups in total. The largest absolute Gasteiger partial charge is 0.469 e. The van der Waals surface area contributed by atoms with Crippen LogP contribution in [0.3, 0.4) is 0 Å². The van der Waals surface area contributed by atoms with Crippen molar-refractivity contribution >= 4 is 17.5 Å². The van der Waals surface area contributed by atoms with Gasteiger partial charge in [-0.1, -0.05) is 31.1 Å². The van der Waals surface area contributed by atoms with Gasteiger partial charge in [0.05, 0.1) is 12.2 Å². The molecule has 6 heteroatoms. The molecule has 6 atom stereocenters. The maximum Gasteiger partial charge on any atom is 0.303 e. The summed E-state index contributed by atoms with van der Waals surface area (Å²) in [6.45, 7) is 5.08. The Morgan fingerprint density at radius 3 is 2.76 bits per heavy atom. The minimum absolute atomic E-state index is 0.0786. The maximum absolute atomic E-state index is 13.5. The van der Waals surface area contributed by atoms with Crippen molar-refractivity contribution < 1.29 is 28.6 Å². The van der Waals surface area contributed by atoms with Gasteiger partial charge in [-0.05, 0) is 62.1 Å². The van der Waals surface area contributed by atoms with Gasteiger partial charge >= 0.3 is 5.97 Å². The first-order chi connectivity index (χ1) is 15.6. The van der Waals surface area contributed by atoms with E-state index in [9.17, 15) is 19.5 Å². The quantitative estimate of drug-likeness (QED) is 0.541. The van der Waals surface area contributed by atoms with E-state index < -0.39 is 35.3 Å². The molecule has 0 spiro atoms. The molecule has 2 fully saturated rings. The molecule has 0 radical (unpaired) electrons. The van der Waals surface area contributed by atoms with Crippen molar-refractivity contribution in [3.63, 3.8) is 0 Å². The highest BCUT2D eigenvalue weighted by atomic mass is 16.5. The number of carbonyl (C=O) groups excluding carboxylic acids is 3. The number of aliphatic hydroxyl groups is 1. The monoisotopic (exact) mass is 452 g/mol. The number of allylic oxidation sites excluding steroid dienone is 4. The van der Waals surface area contributed by atoms with E-state index >= 15 is 0 Å². The summed E-state index contributed by atoms with van der Waals surface area (Å²) in [7, 11) is 0. The number of rotatable bonds is 4. The van der Waals surface area contributed by atoms with Crippen LogP contribution in [0.2, 0.25) is 0 Å². The molecule has 176 valence electrons. The minimum Gasteiger partial charge on any atom is -0.469 e. The van der Waals surface area contributed by atoms with Crippen molar-refractivity contribution in [1.29, 1.82) is 0 Å². The Labute approximate surface area is 194 Å². The predicted octanol–water partition coefficient (Wildman–Crippen LogP) is 4.29. The Morgan fingerprint density at radius 2 is 2.06 bits per heavy atom. The van der Waals surface area contributed by atoms with Gasteiger partial charge in [0, 0.05) is 24.2 Å². The summed E-state index contributed by atoms with van der Waals surface area (Å²) in [6, 6.07) is 3.59. The Hall–Kier alpha value is -2.47. The second kappa shape index (κ2) is 7.52. The molecule has 33 heavy (non-hydrogen) atoms. The van der Waals surface area contributed by atoms with Crippen LogP contribution < -0.4 is 0 Å². The Bertz CT molecular complexity index is 1060. The van der Waals surface area contributed by atoms with E-state index in [1.807, 2.05) is 19.1 Å².